The number of nitrogens with one attached hydrogen (secondary N) is 1. The van der Waals surface area contributed by atoms with Crippen LogP contribution in [-0.4, -0.2) is 44.2 Å². The van der Waals surface area contributed by atoms with E-state index in [1.165, 1.54) is 4.90 Å². The third-order valence-electron chi connectivity index (χ3n) is 5.33. The zero-order valence-corrected chi connectivity index (χ0v) is 16.5. The van der Waals surface area contributed by atoms with E-state index in [0.29, 0.717) is 17.5 Å². The SMILES string of the molecule is C=CCCC(NC(=O)C(Cc1ccccc1)N1C(O)c2ccccc2C1O)C(=O)O. The monoisotopic (exact) mass is 410 g/mol. The van der Waals surface area contributed by atoms with Crippen LogP contribution in [0.1, 0.15) is 42.0 Å². The minimum atomic E-state index is -1.19. The maximum atomic E-state index is 13.2. The summed E-state index contributed by atoms with van der Waals surface area (Å²) in [5.74, 6) is -1.71. The molecule has 2 aromatic rings. The molecule has 1 heterocycles. The summed E-state index contributed by atoms with van der Waals surface area (Å²) in [5.41, 5.74) is 1.88. The molecule has 7 heteroatoms. The highest BCUT2D eigenvalue weighted by Crippen LogP contribution is 2.41. The lowest BCUT2D eigenvalue weighted by Gasteiger charge is -2.33. The highest BCUT2D eigenvalue weighted by atomic mass is 16.4. The number of carbonyl (C=O) groups excluding carboxylic acids is 1. The number of carboxylic acid groups (broad SMARTS) is 1. The Morgan fingerprint density at radius 3 is 2.13 bits per heavy atom. The molecule has 3 rings (SSSR count). The molecule has 1 aliphatic rings. The van der Waals surface area contributed by atoms with E-state index in [0.717, 1.165) is 5.56 Å². The summed E-state index contributed by atoms with van der Waals surface area (Å²) in [6.07, 6.45) is 0.0466. The first kappa shape index (κ1) is 21.7. The summed E-state index contributed by atoms with van der Waals surface area (Å²) in [5, 5.41) is 33.7. The van der Waals surface area contributed by atoms with Crippen LogP contribution < -0.4 is 5.32 Å². The van der Waals surface area contributed by atoms with Gasteiger partial charge in [0, 0.05) is 11.1 Å². The number of amides is 1. The van der Waals surface area contributed by atoms with Gasteiger partial charge in [-0.3, -0.25) is 4.79 Å². The molecule has 30 heavy (non-hydrogen) atoms. The minimum Gasteiger partial charge on any atom is -0.480 e. The number of benzene rings is 2. The average molecular weight is 410 g/mol. The molecule has 4 atom stereocenters. The number of hydrogen-bond donors (Lipinski definition) is 4. The van der Waals surface area contributed by atoms with Gasteiger partial charge in [0.1, 0.15) is 18.5 Å². The lowest BCUT2D eigenvalue weighted by molar-refractivity contribution is -0.150. The molecule has 4 N–H and O–H groups in total. The molecule has 0 fully saturated rings. The second kappa shape index (κ2) is 9.67. The molecule has 158 valence electrons. The molecule has 0 aromatic heterocycles. The number of aliphatic hydroxyl groups is 2. The number of carbonyl (C=O) groups is 2. The molecular formula is C23H26N2O5. The standard InChI is InChI=1S/C23H26N2O5/c1-2-3-13-18(23(29)30)24-20(26)19(14-15-9-5-4-6-10-15)25-21(27)16-11-7-8-12-17(16)22(25)28/h2,4-12,18-19,21-22,27-28H,1,3,13-14H2,(H,24,26)(H,29,30). The Morgan fingerprint density at radius 1 is 1.03 bits per heavy atom. The van der Waals surface area contributed by atoms with Crippen molar-refractivity contribution < 1.29 is 24.9 Å². The van der Waals surface area contributed by atoms with Crippen LogP contribution in [0, 0.1) is 0 Å². The van der Waals surface area contributed by atoms with Gasteiger partial charge in [-0.2, -0.15) is 0 Å². The van der Waals surface area contributed by atoms with Crippen LogP contribution in [0.25, 0.3) is 0 Å². The molecule has 0 radical (unpaired) electrons. The summed E-state index contributed by atoms with van der Waals surface area (Å²) in [4.78, 5) is 26.1. The average Bonchev–Trinajstić information content (AvgIpc) is 3.00. The van der Waals surface area contributed by atoms with Crippen LogP contribution in [0.5, 0.6) is 0 Å². The van der Waals surface area contributed by atoms with Crippen molar-refractivity contribution in [3.63, 3.8) is 0 Å². The Kier molecular flexibility index (Phi) is 6.99. The van der Waals surface area contributed by atoms with Gasteiger partial charge < -0.3 is 20.6 Å². The maximum Gasteiger partial charge on any atom is 0.326 e. The number of rotatable bonds is 9. The Bertz CT molecular complexity index is 872. The van der Waals surface area contributed by atoms with Crippen LogP contribution >= 0.6 is 0 Å². The van der Waals surface area contributed by atoms with E-state index >= 15 is 0 Å². The molecule has 4 unspecified atom stereocenters. The lowest BCUT2D eigenvalue weighted by atomic mass is 10.0. The van der Waals surface area contributed by atoms with Crippen molar-refractivity contribution in [3.8, 4) is 0 Å². The molecular weight excluding hydrogens is 384 g/mol. The first-order valence-electron chi connectivity index (χ1n) is 9.84. The van der Waals surface area contributed by atoms with Gasteiger partial charge in [0.2, 0.25) is 5.91 Å². The van der Waals surface area contributed by atoms with Crippen molar-refractivity contribution in [1.29, 1.82) is 0 Å². The van der Waals surface area contributed by atoms with Gasteiger partial charge in [-0.15, -0.1) is 6.58 Å². The third-order valence-corrected chi connectivity index (χ3v) is 5.33. The minimum absolute atomic E-state index is 0.197. The summed E-state index contributed by atoms with van der Waals surface area (Å²) >= 11 is 0. The summed E-state index contributed by atoms with van der Waals surface area (Å²) in [6, 6.07) is 14.0. The predicted molar refractivity (Wildman–Crippen MR) is 111 cm³/mol. The van der Waals surface area contributed by atoms with E-state index in [4.69, 9.17) is 0 Å². The van der Waals surface area contributed by atoms with Crippen molar-refractivity contribution >= 4 is 11.9 Å². The fourth-order valence-corrected chi connectivity index (χ4v) is 3.76. The van der Waals surface area contributed by atoms with E-state index in [9.17, 15) is 24.9 Å². The Labute approximate surface area is 175 Å². The summed E-state index contributed by atoms with van der Waals surface area (Å²) in [6.45, 7) is 3.59. The number of aliphatic carboxylic acids is 1. The van der Waals surface area contributed by atoms with Gasteiger partial charge in [-0.25, -0.2) is 9.69 Å². The van der Waals surface area contributed by atoms with Gasteiger partial charge in [-0.1, -0.05) is 60.7 Å². The number of nitrogens with zero attached hydrogens (tertiary/aromatic N) is 1. The van der Waals surface area contributed by atoms with Gasteiger partial charge in [0.25, 0.3) is 0 Å². The number of aliphatic hydroxyl groups excluding tert-OH is 2. The van der Waals surface area contributed by atoms with Crippen LogP contribution in [0.4, 0.5) is 0 Å². The number of hydrogen-bond acceptors (Lipinski definition) is 5. The maximum absolute atomic E-state index is 13.2. The second-order valence-corrected chi connectivity index (χ2v) is 7.29. The summed E-state index contributed by atoms with van der Waals surface area (Å²) in [7, 11) is 0. The van der Waals surface area contributed by atoms with E-state index < -0.39 is 36.4 Å². The van der Waals surface area contributed by atoms with Crippen molar-refractivity contribution in [3.05, 3.63) is 83.9 Å². The second-order valence-electron chi connectivity index (χ2n) is 7.29. The van der Waals surface area contributed by atoms with Crippen molar-refractivity contribution in [2.24, 2.45) is 0 Å². The van der Waals surface area contributed by atoms with Gasteiger partial charge in [-0.05, 0) is 24.8 Å². The molecule has 0 saturated heterocycles. The number of carboxylic acids is 1. The van der Waals surface area contributed by atoms with Crippen LogP contribution in [-0.2, 0) is 16.0 Å². The Morgan fingerprint density at radius 2 is 1.60 bits per heavy atom. The van der Waals surface area contributed by atoms with E-state index in [2.05, 4.69) is 11.9 Å². The van der Waals surface area contributed by atoms with E-state index in [-0.39, 0.29) is 12.8 Å². The number of fused-ring (bicyclic) bond motifs is 1. The topological polar surface area (TPSA) is 110 Å². The van der Waals surface area contributed by atoms with Crippen LogP contribution in [0.15, 0.2) is 67.3 Å². The molecule has 1 aliphatic heterocycles. The number of allylic oxidation sites excluding steroid dienone is 1. The quantitative estimate of drug-likeness (QED) is 0.472. The molecule has 0 spiro atoms. The van der Waals surface area contributed by atoms with Crippen LogP contribution in [0.3, 0.4) is 0 Å². The molecule has 0 saturated carbocycles. The van der Waals surface area contributed by atoms with Gasteiger partial charge in [0.05, 0.1) is 6.04 Å². The fraction of sp³-hybridized carbons (Fsp3) is 0.304. The highest BCUT2D eigenvalue weighted by molar-refractivity contribution is 5.87. The largest absolute Gasteiger partial charge is 0.480 e. The van der Waals surface area contributed by atoms with E-state index in [1.807, 2.05) is 30.3 Å². The lowest BCUT2D eigenvalue weighted by Crippen LogP contribution is -2.53. The Balaban J connectivity index is 1.90. The van der Waals surface area contributed by atoms with Gasteiger partial charge >= 0.3 is 5.97 Å². The Hall–Kier alpha value is -3.00. The van der Waals surface area contributed by atoms with Crippen molar-refractivity contribution in [2.75, 3.05) is 0 Å². The van der Waals surface area contributed by atoms with E-state index in [1.54, 1.807) is 30.3 Å². The zero-order valence-electron chi connectivity index (χ0n) is 16.5. The predicted octanol–water partition coefficient (Wildman–Crippen LogP) is 2.13. The first-order valence-corrected chi connectivity index (χ1v) is 9.84. The molecule has 1 amide bonds. The van der Waals surface area contributed by atoms with Crippen LogP contribution in [0.2, 0.25) is 0 Å². The smallest absolute Gasteiger partial charge is 0.326 e. The first-order chi connectivity index (χ1) is 14.4. The molecule has 2 aromatic carbocycles. The normalized spacial score (nSPS) is 20.2. The third kappa shape index (κ3) is 4.59. The molecule has 0 bridgehead atoms. The zero-order chi connectivity index (χ0) is 21.7. The fourth-order valence-electron chi connectivity index (χ4n) is 3.76. The highest BCUT2D eigenvalue weighted by Gasteiger charge is 2.43. The molecule has 7 nitrogen and oxygen atoms in total. The molecule has 0 aliphatic carbocycles. The van der Waals surface area contributed by atoms with Gasteiger partial charge in [0.15, 0.2) is 0 Å². The van der Waals surface area contributed by atoms with Crippen molar-refractivity contribution in [2.45, 2.75) is 43.8 Å². The van der Waals surface area contributed by atoms with Crippen molar-refractivity contribution in [1.82, 2.24) is 10.2 Å². The summed E-state index contributed by atoms with van der Waals surface area (Å²) < 4.78 is 0.